The zero-order valence-corrected chi connectivity index (χ0v) is 9.00. The van der Waals surface area contributed by atoms with Gasteiger partial charge in [-0.15, -0.1) is 0 Å². The summed E-state index contributed by atoms with van der Waals surface area (Å²) in [5, 5.41) is 0. The molecule has 0 amide bonds. The van der Waals surface area contributed by atoms with Crippen LogP contribution in [0.25, 0.3) is 0 Å². The van der Waals surface area contributed by atoms with Gasteiger partial charge in [0.25, 0.3) is 0 Å². The van der Waals surface area contributed by atoms with Gasteiger partial charge in [-0.05, 0) is 19.0 Å². The molecule has 0 aromatic rings. The fraction of sp³-hybridized carbons (Fsp3) is 1.00. The molecule has 0 aliphatic carbocycles. The van der Waals surface area contributed by atoms with Crippen molar-refractivity contribution in [3.8, 4) is 0 Å². The minimum atomic E-state index is 0.646. The lowest BCUT2D eigenvalue weighted by Crippen LogP contribution is -2.47. The molecule has 1 unspecified atom stereocenters. The van der Waals surface area contributed by atoms with Gasteiger partial charge in [-0.2, -0.15) is 0 Å². The largest absolute Gasteiger partial charge is 0.330 e. The van der Waals surface area contributed by atoms with Crippen molar-refractivity contribution in [3.63, 3.8) is 0 Å². The highest BCUT2D eigenvalue weighted by molar-refractivity contribution is 4.72. The van der Waals surface area contributed by atoms with E-state index in [0.717, 1.165) is 6.54 Å². The van der Waals surface area contributed by atoms with Crippen molar-refractivity contribution in [1.29, 1.82) is 0 Å². The number of nitrogens with zero attached hydrogens (tertiary/aromatic N) is 2. The molecule has 0 bridgehead atoms. The predicted molar refractivity (Wildman–Crippen MR) is 56.8 cm³/mol. The summed E-state index contributed by atoms with van der Waals surface area (Å²) in [4.78, 5) is 5.04. The Kier molecular flexibility index (Phi) is 4.70. The molecule has 2 N–H and O–H groups in total. The van der Waals surface area contributed by atoms with Crippen molar-refractivity contribution in [3.05, 3.63) is 0 Å². The highest BCUT2D eigenvalue weighted by atomic mass is 15.3. The quantitative estimate of drug-likeness (QED) is 0.680. The monoisotopic (exact) mass is 185 g/mol. The zero-order valence-electron chi connectivity index (χ0n) is 9.00. The first-order chi connectivity index (χ1) is 6.26. The van der Waals surface area contributed by atoms with E-state index >= 15 is 0 Å². The Hall–Kier alpha value is -0.120. The summed E-state index contributed by atoms with van der Waals surface area (Å²) >= 11 is 0. The van der Waals surface area contributed by atoms with Crippen molar-refractivity contribution < 1.29 is 0 Å². The maximum Gasteiger partial charge on any atom is 0.0110 e. The summed E-state index contributed by atoms with van der Waals surface area (Å²) in [7, 11) is 0. The van der Waals surface area contributed by atoms with Crippen LogP contribution in [0.5, 0.6) is 0 Å². The van der Waals surface area contributed by atoms with E-state index in [0.29, 0.717) is 5.92 Å². The van der Waals surface area contributed by atoms with Crippen LogP contribution in [-0.2, 0) is 0 Å². The number of hydrogen-bond acceptors (Lipinski definition) is 3. The molecule has 1 aliphatic rings. The van der Waals surface area contributed by atoms with E-state index in [4.69, 9.17) is 5.73 Å². The Labute approximate surface area is 81.9 Å². The molecule has 1 rings (SSSR count). The van der Waals surface area contributed by atoms with Gasteiger partial charge in [-0.3, -0.25) is 0 Å². The Morgan fingerprint density at radius 2 is 1.69 bits per heavy atom. The van der Waals surface area contributed by atoms with Crippen LogP contribution in [0.3, 0.4) is 0 Å². The average Bonchev–Trinajstić information content (AvgIpc) is 2.19. The number of nitrogens with two attached hydrogens (primary N) is 1. The summed E-state index contributed by atoms with van der Waals surface area (Å²) in [6.07, 6.45) is 0. The number of piperazine rings is 1. The summed E-state index contributed by atoms with van der Waals surface area (Å²) in [5.41, 5.74) is 5.61. The van der Waals surface area contributed by atoms with Crippen molar-refractivity contribution >= 4 is 0 Å². The van der Waals surface area contributed by atoms with E-state index in [-0.39, 0.29) is 0 Å². The molecule has 3 heteroatoms. The lowest BCUT2D eigenvalue weighted by atomic mass is 10.1. The number of rotatable bonds is 4. The molecular weight excluding hydrogens is 162 g/mol. The van der Waals surface area contributed by atoms with Crippen LogP contribution in [0.4, 0.5) is 0 Å². The molecule has 0 radical (unpaired) electrons. The fourth-order valence-corrected chi connectivity index (χ4v) is 1.80. The minimum absolute atomic E-state index is 0.646. The third-order valence-corrected chi connectivity index (χ3v) is 2.88. The first kappa shape index (κ1) is 11.0. The van der Waals surface area contributed by atoms with Gasteiger partial charge in [0, 0.05) is 32.7 Å². The molecule has 1 fully saturated rings. The molecule has 0 aromatic heterocycles. The molecule has 0 spiro atoms. The fourth-order valence-electron chi connectivity index (χ4n) is 1.80. The molecule has 1 aliphatic heterocycles. The Bertz CT molecular complexity index is 130. The number of hydrogen-bond donors (Lipinski definition) is 1. The second-order valence-corrected chi connectivity index (χ2v) is 4.08. The summed E-state index contributed by atoms with van der Waals surface area (Å²) < 4.78 is 0. The van der Waals surface area contributed by atoms with Crippen LogP contribution >= 0.6 is 0 Å². The molecule has 1 atom stereocenters. The van der Waals surface area contributed by atoms with Crippen molar-refractivity contribution in [1.82, 2.24) is 9.80 Å². The van der Waals surface area contributed by atoms with Crippen LogP contribution in [0.15, 0.2) is 0 Å². The molecule has 13 heavy (non-hydrogen) atoms. The average molecular weight is 185 g/mol. The third-order valence-electron chi connectivity index (χ3n) is 2.88. The number of likely N-dealkylation sites (N-methyl/N-ethyl adjacent to an activating group) is 1. The normalized spacial score (nSPS) is 23.3. The lowest BCUT2D eigenvalue weighted by molar-refractivity contribution is 0.125. The van der Waals surface area contributed by atoms with Crippen LogP contribution in [0, 0.1) is 5.92 Å². The van der Waals surface area contributed by atoms with Gasteiger partial charge in [-0.25, -0.2) is 0 Å². The third kappa shape index (κ3) is 3.63. The van der Waals surface area contributed by atoms with Gasteiger partial charge in [0.05, 0.1) is 0 Å². The van der Waals surface area contributed by atoms with E-state index in [1.165, 1.54) is 39.3 Å². The van der Waals surface area contributed by atoms with Gasteiger partial charge >= 0.3 is 0 Å². The summed E-state index contributed by atoms with van der Waals surface area (Å²) in [6.45, 7) is 12.5. The van der Waals surface area contributed by atoms with E-state index in [2.05, 4.69) is 23.6 Å². The van der Waals surface area contributed by atoms with Gasteiger partial charge in [0.1, 0.15) is 0 Å². The Balaban J connectivity index is 2.17. The first-order valence-corrected chi connectivity index (χ1v) is 5.41. The molecule has 1 saturated heterocycles. The van der Waals surface area contributed by atoms with Crippen LogP contribution in [0.1, 0.15) is 13.8 Å². The summed E-state index contributed by atoms with van der Waals surface area (Å²) in [6, 6.07) is 0. The van der Waals surface area contributed by atoms with Crippen molar-refractivity contribution in [2.24, 2.45) is 11.7 Å². The first-order valence-electron chi connectivity index (χ1n) is 5.41. The Morgan fingerprint density at radius 1 is 1.15 bits per heavy atom. The maximum absolute atomic E-state index is 5.61. The smallest absolute Gasteiger partial charge is 0.0110 e. The SMILES string of the molecule is CCN1CCN(CC(C)CN)CC1. The Morgan fingerprint density at radius 3 is 2.15 bits per heavy atom. The molecule has 0 aromatic carbocycles. The van der Waals surface area contributed by atoms with Crippen LogP contribution < -0.4 is 5.73 Å². The second-order valence-electron chi connectivity index (χ2n) is 4.08. The zero-order chi connectivity index (χ0) is 9.68. The van der Waals surface area contributed by atoms with Crippen molar-refractivity contribution in [2.45, 2.75) is 13.8 Å². The highest BCUT2D eigenvalue weighted by Gasteiger charge is 2.16. The standard InChI is InChI=1S/C10H23N3/c1-3-12-4-6-13(7-5-12)9-10(2)8-11/h10H,3-9,11H2,1-2H3. The van der Waals surface area contributed by atoms with Gasteiger partial charge in [-0.1, -0.05) is 13.8 Å². The summed E-state index contributed by atoms with van der Waals surface area (Å²) in [5.74, 6) is 0.646. The van der Waals surface area contributed by atoms with Gasteiger partial charge in [0.15, 0.2) is 0 Å². The lowest BCUT2D eigenvalue weighted by Gasteiger charge is -2.35. The minimum Gasteiger partial charge on any atom is -0.330 e. The highest BCUT2D eigenvalue weighted by Crippen LogP contribution is 2.04. The predicted octanol–water partition coefficient (Wildman–Crippen LogP) is 0.219. The van der Waals surface area contributed by atoms with E-state index < -0.39 is 0 Å². The molecule has 0 saturated carbocycles. The topological polar surface area (TPSA) is 32.5 Å². The van der Waals surface area contributed by atoms with Gasteiger partial charge < -0.3 is 15.5 Å². The maximum atomic E-state index is 5.61. The van der Waals surface area contributed by atoms with Gasteiger partial charge in [0.2, 0.25) is 0 Å². The molecular formula is C10H23N3. The van der Waals surface area contributed by atoms with E-state index in [1.54, 1.807) is 0 Å². The molecule has 1 heterocycles. The van der Waals surface area contributed by atoms with E-state index in [9.17, 15) is 0 Å². The van der Waals surface area contributed by atoms with Crippen LogP contribution in [0.2, 0.25) is 0 Å². The van der Waals surface area contributed by atoms with E-state index in [1.807, 2.05) is 0 Å². The second kappa shape index (κ2) is 5.58. The van der Waals surface area contributed by atoms with Crippen molar-refractivity contribution in [2.75, 3.05) is 45.8 Å². The molecule has 78 valence electrons. The molecule has 3 nitrogen and oxygen atoms in total. The van der Waals surface area contributed by atoms with Crippen LogP contribution in [-0.4, -0.2) is 55.6 Å².